The highest BCUT2D eigenvalue weighted by atomic mass is 16.5. The molecule has 21 heavy (non-hydrogen) atoms. The Morgan fingerprint density at radius 1 is 0.905 bits per heavy atom. The predicted molar refractivity (Wildman–Crippen MR) is 81.1 cm³/mol. The average Bonchev–Trinajstić information content (AvgIpc) is 2.44. The molecular formula is C16H30O5. The number of hydrogen-bond donors (Lipinski definition) is 2. The second-order valence-corrected chi connectivity index (χ2v) is 5.46. The molecule has 0 saturated carbocycles. The first-order valence-corrected chi connectivity index (χ1v) is 8.14. The standard InChI is InChI=1S/C16H30O5/c1-2-3-4-5-6-7-8-9-10-11-12-21-15(18)13-14(17)16(19)20/h14,17H,2-13H2,1H3,(H,19,20)/t14-/m1/s1. The van der Waals surface area contributed by atoms with Gasteiger partial charge < -0.3 is 14.9 Å². The van der Waals surface area contributed by atoms with E-state index in [2.05, 4.69) is 6.92 Å². The predicted octanol–water partition coefficient (Wildman–Crippen LogP) is 3.29. The third kappa shape index (κ3) is 13.6. The van der Waals surface area contributed by atoms with Crippen molar-refractivity contribution >= 4 is 11.9 Å². The van der Waals surface area contributed by atoms with Crippen molar-refractivity contribution in [2.24, 2.45) is 0 Å². The van der Waals surface area contributed by atoms with Gasteiger partial charge in [0.05, 0.1) is 13.0 Å². The lowest BCUT2D eigenvalue weighted by Crippen LogP contribution is -2.24. The molecule has 0 aliphatic heterocycles. The minimum Gasteiger partial charge on any atom is -0.479 e. The number of carboxylic acids is 1. The van der Waals surface area contributed by atoms with Crippen LogP contribution in [-0.4, -0.2) is 34.9 Å². The number of rotatable bonds is 14. The Bertz CT molecular complexity index is 278. The third-order valence-corrected chi connectivity index (χ3v) is 3.41. The molecule has 2 N–H and O–H groups in total. The van der Waals surface area contributed by atoms with Gasteiger partial charge in [-0.15, -0.1) is 0 Å². The van der Waals surface area contributed by atoms with Crippen LogP contribution in [0.2, 0.25) is 0 Å². The summed E-state index contributed by atoms with van der Waals surface area (Å²) >= 11 is 0. The van der Waals surface area contributed by atoms with Gasteiger partial charge in [-0.05, 0) is 6.42 Å². The van der Waals surface area contributed by atoms with E-state index >= 15 is 0 Å². The minimum atomic E-state index is -1.66. The second kappa shape index (κ2) is 13.9. The summed E-state index contributed by atoms with van der Waals surface area (Å²) in [6.07, 6.45) is 9.90. The van der Waals surface area contributed by atoms with Gasteiger partial charge >= 0.3 is 11.9 Å². The summed E-state index contributed by atoms with van der Waals surface area (Å²) in [5.41, 5.74) is 0. The van der Waals surface area contributed by atoms with Crippen molar-refractivity contribution in [3.05, 3.63) is 0 Å². The van der Waals surface area contributed by atoms with Crippen LogP contribution in [0.25, 0.3) is 0 Å². The largest absolute Gasteiger partial charge is 0.479 e. The number of aliphatic hydroxyl groups excluding tert-OH is 1. The lowest BCUT2D eigenvalue weighted by atomic mass is 10.1. The molecule has 0 fully saturated rings. The van der Waals surface area contributed by atoms with E-state index in [1.54, 1.807) is 0 Å². The molecule has 0 aromatic heterocycles. The molecule has 0 aromatic rings. The maximum atomic E-state index is 11.2. The molecule has 0 saturated heterocycles. The first-order chi connectivity index (χ1) is 10.1. The van der Waals surface area contributed by atoms with Gasteiger partial charge in [-0.2, -0.15) is 0 Å². The van der Waals surface area contributed by atoms with Crippen molar-refractivity contribution in [3.8, 4) is 0 Å². The summed E-state index contributed by atoms with van der Waals surface area (Å²) in [6.45, 7) is 2.52. The van der Waals surface area contributed by atoms with E-state index in [0.29, 0.717) is 6.61 Å². The molecule has 124 valence electrons. The van der Waals surface area contributed by atoms with Gasteiger partial charge in [-0.3, -0.25) is 4.79 Å². The van der Waals surface area contributed by atoms with E-state index < -0.39 is 24.5 Å². The molecule has 0 unspecified atom stereocenters. The number of carboxylic acid groups (broad SMARTS) is 1. The highest BCUT2D eigenvalue weighted by Crippen LogP contribution is 2.10. The molecule has 0 heterocycles. The quantitative estimate of drug-likeness (QED) is 0.380. The molecule has 5 nitrogen and oxygen atoms in total. The maximum Gasteiger partial charge on any atom is 0.333 e. The van der Waals surface area contributed by atoms with E-state index in [4.69, 9.17) is 14.9 Å². The minimum absolute atomic E-state index is 0.307. The molecule has 0 spiro atoms. The summed E-state index contributed by atoms with van der Waals surface area (Å²) in [4.78, 5) is 21.5. The number of aliphatic carboxylic acids is 1. The summed E-state index contributed by atoms with van der Waals surface area (Å²) < 4.78 is 4.87. The number of esters is 1. The van der Waals surface area contributed by atoms with Crippen LogP contribution in [0.4, 0.5) is 0 Å². The third-order valence-electron chi connectivity index (χ3n) is 3.41. The number of unbranched alkanes of at least 4 members (excludes halogenated alkanes) is 9. The van der Waals surface area contributed by atoms with Crippen molar-refractivity contribution < 1.29 is 24.5 Å². The molecule has 0 aliphatic rings. The van der Waals surface area contributed by atoms with Crippen LogP contribution < -0.4 is 0 Å². The van der Waals surface area contributed by atoms with Crippen molar-refractivity contribution in [2.75, 3.05) is 6.61 Å². The van der Waals surface area contributed by atoms with E-state index in [9.17, 15) is 9.59 Å². The highest BCUT2D eigenvalue weighted by Gasteiger charge is 2.18. The fourth-order valence-electron chi connectivity index (χ4n) is 2.08. The Hall–Kier alpha value is -1.10. The van der Waals surface area contributed by atoms with Gasteiger partial charge in [0.25, 0.3) is 0 Å². The zero-order valence-corrected chi connectivity index (χ0v) is 13.2. The van der Waals surface area contributed by atoms with Gasteiger partial charge in [0, 0.05) is 0 Å². The first kappa shape index (κ1) is 19.9. The monoisotopic (exact) mass is 302 g/mol. The Morgan fingerprint density at radius 2 is 1.38 bits per heavy atom. The van der Waals surface area contributed by atoms with Crippen LogP contribution in [0.3, 0.4) is 0 Å². The topological polar surface area (TPSA) is 83.8 Å². The summed E-state index contributed by atoms with van der Waals surface area (Å²) in [7, 11) is 0. The zero-order chi connectivity index (χ0) is 15.9. The molecule has 0 rings (SSSR count). The van der Waals surface area contributed by atoms with Crippen molar-refractivity contribution in [2.45, 2.75) is 83.7 Å². The van der Waals surface area contributed by atoms with Crippen LogP contribution in [0, 0.1) is 0 Å². The molecule has 0 aliphatic carbocycles. The van der Waals surface area contributed by atoms with Crippen LogP contribution >= 0.6 is 0 Å². The van der Waals surface area contributed by atoms with Crippen LogP contribution in [0.1, 0.15) is 77.6 Å². The number of aliphatic hydroxyl groups is 1. The Morgan fingerprint density at radius 3 is 1.86 bits per heavy atom. The number of carbonyl (C=O) groups excluding carboxylic acids is 1. The van der Waals surface area contributed by atoms with Crippen LogP contribution in [0.5, 0.6) is 0 Å². The smallest absolute Gasteiger partial charge is 0.333 e. The summed E-state index contributed by atoms with van der Waals surface area (Å²) in [5.74, 6) is -2.05. The Balaban J connectivity index is 3.25. The fraction of sp³-hybridized carbons (Fsp3) is 0.875. The molecular weight excluding hydrogens is 272 g/mol. The SMILES string of the molecule is CCCCCCCCCCCCOC(=O)C[C@@H](O)C(=O)O. The summed E-state index contributed by atoms with van der Waals surface area (Å²) in [5, 5.41) is 17.4. The van der Waals surface area contributed by atoms with Gasteiger partial charge in [0.1, 0.15) is 0 Å². The van der Waals surface area contributed by atoms with E-state index in [1.807, 2.05) is 0 Å². The molecule has 0 bridgehead atoms. The lowest BCUT2D eigenvalue weighted by Gasteiger charge is -2.06. The van der Waals surface area contributed by atoms with Gasteiger partial charge in [0.15, 0.2) is 6.10 Å². The first-order valence-electron chi connectivity index (χ1n) is 8.14. The van der Waals surface area contributed by atoms with E-state index in [-0.39, 0.29) is 0 Å². The van der Waals surface area contributed by atoms with Crippen molar-refractivity contribution in [1.29, 1.82) is 0 Å². The van der Waals surface area contributed by atoms with E-state index in [0.717, 1.165) is 19.3 Å². The number of hydrogen-bond acceptors (Lipinski definition) is 4. The second-order valence-electron chi connectivity index (χ2n) is 5.46. The van der Waals surface area contributed by atoms with Crippen LogP contribution in [-0.2, 0) is 14.3 Å². The highest BCUT2D eigenvalue weighted by molar-refractivity contribution is 5.80. The molecule has 5 heteroatoms. The number of ether oxygens (including phenoxy) is 1. The van der Waals surface area contributed by atoms with E-state index in [1.165, 1.54) is 44.9 Å². The Kier molecular flexibility index (Phi) is 13.1. The summed E-state index contributed by atoms with van der Waals surface area (Å²) in [6, 6.07) is 0. The molecule has 0 radical (unpaired) electrons. The zero-order valence-electron chi connectivity index (χ0n) is 13.2. The maximum absolute atomic E-state index is 11.2. The van der Waals surface area contributed by atoms with Crippen molar-refractivity contribution in [3.63, 3.8) is 0 Å². The molecule has 1 atom stereocenters. The molecule has 0 aromatic carbocycles. The van der Waals surface area contributed by atoms with Gasteiger partial charge in [-0.1, -0.05) is 64.7 Å². The fourth-order valence-corrected chi connectivity index (χ4v) is 2.08. The lowest BCUT2D eigenvalue weighted by molar-refractivity contribution is -0.155. The molecule has 0 amide bonds. The number of carbonyl (C=O) groups is 2. The van der Waals surface area contributed by atoms with Crippen LogP contribution in [0.15, 0.2) is 0 Å². The van der Waals surface area contributed by atoms with Gasteiger partial charge in [0.2, 0.25) is 0 Å². The Labute approximate surface area is 127 Å². The normalized spacial score (nSPS) is 12.1. The van der Waals surface area contributed by atoms with Crippen molar-refractivity contribution in [1.82, 2.24) is 0 Å². The average molecular weight is 302 g/mol. The van der Waals surface area contributed by atoms with Gasteiger partial charge in [-0.25, -0.2) is 4.79 Å².